The first-order valence-corrected chi connectivity index (χ1v) is 13.8. The topological polar surface area (TPSA) is 118 Å². The summed E-state index contributed by atoms with van der Waals surface area (Å²) < 4.78 is 61.0. The van der Waals surface area contributed by atoms with Gasteiger partial charge in [-0.3, -0.25) is 9.59 Å². The number of hydrogen-bond acceptors (Lipinski definition) is 5. The number of benzene rings is 1. The Morgan fingerprint density at radius 2 is 1.80 bits per heavy atom. The standard InChI is InChI=1S/C21H24F3N7O2.C6H10F2/c22-21(23,24)7-6-19(32)25-9-14-4-5-15-16(8-14)29-18(28-15)11-26-20(33)17-10-27-31(30-17)12-13-2-1-3-13;7-6(8)4-2-1-3-5-6/h4-5,8,10,13H,1-3,6-7,9,11-12H2,(H,25,32)(H,26,33)(H,28,29);1-5H2. The number of imidazole rings is 1. The molecule has 9 nitrogen and oxygen atoms in total. The number of aromatic nitrogens is 5. The second kappa shape index (κ2) is 13.4. The minimum atomic E-state index is -4.36. The first kappa shape index (κ1) is 30.4. The number of carbonyl (C=O) groups excluding carboxylic acids is 2. The third kappa shape index (κ3) is 9.78. The molecular formula is C27H34F5N7O2. The van der Waals surface area contributed by atoms with Crippen LogP contribution >= 0.6 is 0 Å². The quantitative estimate of drug-likeness (QED) is 0.291. The summed E-state index contributed by atoms with van der Waals surface area (Å²) in [5.41, 5.74) is 2.31. The fourth-order valence-electron chi connectivity index (χ4n) is 4.57. The molecule has 0 bridgehead atoms. The fourth-order valence-corrected chi connectivity index (χ4v) is 4.57. The van der Waals surface area contributed by atoms with Gasteiger partial charge in [0.2, 0.25) is 11.8 Å². The molecule has 3 aromatic rings. The molecule has 2 aliphatic carbocycles. The van der Waals surface area contributed by atoms with Gasteiger partial charge in [0.05, 0.1) is 36.7 Å². The summed E-state index contributed by atoms with van der Waals surface area (Å²) >= 11 is 0. The molecule has 0 radical (unpaired) electrons. The maximum atomic E-state index is 12.4. The fraction of sp³-hybridized carbons (Fsp3) is 0.593. The van der Waals surface area contributed by atoms with E-state index in [1.165, 1.54) is 25.5 Å². The molecule has 1 aromatic carbocycles. The van der Waals surface area contributed by atoms with Crippen LogP contribution in [0.3, 0.4) is 0 Å². The van der Waals surface area contributed by atoms with E-state index in [1.54, 1.807) is 23.0 Å². The van der Waals surface area contributed by atoms with Crippen LogP contribution in [0.2, 0.25) is 0 Å². The Labute approximate surface area is 233 Å². The normalized spacial score (nSPS) is 16.9. The first-order chi connectivity index (χ1) is 19.5. The monoisotopic (exact) mass is 583 g/mol. The lowest BCUT2D eigenvalue weighted by molar-refractivity contribution is -0.144. The zero-order valence-corrected chi connectivity index (χ0v) is 22.6. The van der Waals surface area contributed by atoms with Gasteiger partial charge in [0.1, 0.15) is 5.82 Å². The third-order valence-electron chi connectivity index (χ3n) is 7.14. The van der Waals surface area contributed by atoms with E-state index < -0.39 is 30.8 Å². The van der Waals surface area contributed by atoms with Gasteiger partial charge in [0.15, 0.2) is 5.69 Å². The molecule has 224 valence electrons. The number of alkyl halides is 5. The number of carbonyl (C=O) groups is 2. The summed E-state index contributed by atoms with van der Waals surface area (Å²) in [5.74, 6) is -2.21. The van der Waals surface area contributed by atoms with Gasteiger partial charge in [-0.05, 0) is 49.3 Å². The Bertz CT molecular complexity index is 1310. The van der Waals surface area contributed by atoms with Crippen LogP contribution in [0.4, 0.5) is 22.0 Å². The molecule has 2 aromatic heterocycles. The molecule has 2 saturated carbocycles. The lowest BCUT2D eigenvalue weighted by Gasteiger charge is -2.24. The summed E-state index contributed by atoms with van der Waals surface area (Å²) in [6.07, 6.45) is 1.57. The van der Waals surface area contributed by atoms with Crippen LogP contribution < -0.4 is 10.6 Å². The third-order valence-corrected chi connectivity index (χ3v) is 7.14. The molecule has 2 heterocycles. The van der Waals surface area contributed by atoms with Crippen molar-refractivity contribution >= 4 is 22.8 Å². The molecule has 5 rings (SSSR count). The Kier molecular flexibility index (Phi) is 9.92. The van der Waals surface area contributed by atoms with E-state index >= 15 is 0 Å². The second-order valence-corrected chi connectivity index (χ2v) is 10.6. The number of rotatable bonds is 9. The number of hydrogen-bond donors (Lipinski definition) is 3. The maximum absolute atomic E-state index is 12.4. The number of fused-ring (bicyclic) bond motifs is 1. The number of halogens is 5. The van der Waals surface area contributed by atoms with Crippen molar-refractivity contribution in [2.75, 3.05) is 0 Å². The summed E-state index contributed by atoms with van der Waals surface area (Å²) in [7, 11) is 0. The molecule has 2 amide bonds. The van der Waals surface area contributed by atoms with Crippen molar-refractivity contribution in [1.82, 2.24) is 35.6 Å². The van der Waals surface area contributed by atoms with Gasteiger partial charge in [0.25, 0.3) is 5.91 Å². The van der Waals surface area contributed by atoms with Gasteiger partial charge in [-0.1, -0.05) is 18.9 Å². The van der Waals surface area contributed by atoms with Crippen LogP contribution in [0, 0.1) is 5.92 Å². The average molecular weight is 584 g/mol. The van der Waals surface area contributed by atoms with Crippen LogP contribution in [0.15, 0.2) is 24.4 Å². The van der Waals surface area contributed by atoms with Crippen LogP contribution in [-0.2, 0) is 24.4 Å². The summed E-state index contributed by atoms with van der Waals surface area (Å²) in [6, 6.07) is 5.22. The highest BCUT2D eigenvalue weighted by molar-refractivity contribution is 5.91. The van der Waals surface area contributed by atoms with E-state index in [-0.39, 0.29) is 37.5 Å². The van der Waals surface area contributed by atoms with E-state index in [9.17, 15) is 31.5 Å². The minimum absolute atomic E-state index is 0.105. The number of amides is 2. The molecular weight excluding hydrogens is 549 g/mol. The minimum Gasteiger partial charge on any atom is -0.352 e. The van der Waals surface area contributed by atoms with Crippen molar-refractivity contribution in [3.05, 3.63) is 41.5 Å². The van der Waals surface area contributed by atoms with E-state index in [0.29, 0.717) is 41.2 Å². The van der Waals surface area contributed by atoms with E-state index in [0.717, 1.165) is 13.0 Å². The van der Waals surface area contributed by atoms with Gasteiger partial charge in [-0.15, -0.1) is 5.10 Å². The van der Waals surface area contributed by atoms with Crippen LogP contribution in [0.25, 0.3) is 11.0 Å². The molecule has 2 aliphatic rings. The molecule has 0 unspecified atom stereocenters. The van der Waals surface area contributed by atoms with E-state index in [1.807, 2.05) is 0 Å². The molecule has 0 atom stereocenters. The largest absolute Gasteiger partial charge is 0.389 e. The number of aromatic amines is 1. The lowest BCUT2D eigenvalue weighted by atomic mass is 9.86. The van der Waals surface area contributed by atoms with Gasteiger partial charge < -0.3 is 15.6 Å². The molecule has 0 spiro atoms. The predicted molar refractivity (Wildman–Crippen MR) is 140 cm³/mol. The highest BCUT2D eigenvalue weighted by atomic mass is 19.4. The number of H-pyrrole nitrogens is 1. The maximum Gasteiger partial charge on any atom is 0.389 e. The first-order valence-electron chi connectivity index (χ1n) is 13.8. The molecule has 0 saturated heterocycles. The smallest absolute Gasteiger partial charge is 0.352 e. The highest BCUT2D eigenvalue weighted by Gasteiger charge is 2.30. The van der Waals surface area contributed by atoms with Crippen LogP contribution in [0.1, 0.15) is 86.1 Å². The Hall–Kier alpha value is -3.58. The number of nitrogens with one attached hydrogen (secondary N) is 3. The van der Waals surface area contributed by atoms with Crippen molar-refractivity contribution < 1.29 is 31.5 Å². The van der Waals surface area contributed by atoms with Crippen molar-refractivity contribution in [2.24, 2.45) is 5.92 Å². The average Bonchev–Trinajstić information content (AvgIpc) is 3.53. The lowest BCUT2D eigenvalue weighted by Crippen LogP contribution is -2.24. The van der Waals surface area contributed by atoms with Crippen LogP contribution in [-0.4, -0.2) is 48.9 Å². The summed E-state index contributed by atoms with van der Waals surface area (Å²) in [6.45, 7) is 0.989. The van der Waals surface area contributed by atoms with Gasteiger partial charge in [-0.2, -0.15) is 23.1 Å². The van der Waals surface area contributed by atoms with Crippen molar-refractivity contribution in [2.45, 2.75) is 95.9 Å². The van der Waals surface area contributed by atoms with Crippen LogP contribution in [0.5, 0.6) is 0 Å². The van der Waals surface area contributed by atoms with E-state index in [4.69, 9.17) is 0 Å². The van der Waals surface area contributed by atoms with Crippen molar-refractivity contribution in [1.29, 1.82) is 0 Å². The summed E-state index contributed by atoms with van der Waals surface area (Å²) in [5, 5.41) is 13.6. The molecule has 2 fully saturated rings. The second-order valence-electron chi connectivity index (χ2n) is 10.6. The van der Waals surface area contributed by atoms with Gasteiger partial charge >= 0.3 is 6.18 Å². The molecule has 0 aliphatic heterocycles. The van der Waals surface area contributed by atoms with Gasteiger partial charge in [-0.25, -0.2) is 13.8 Å². The SMILES string of the molecule is FC1(F)CCCCC1.O=C(CCC(F)(F)F)NCc1ccc2nc(CNC(=O)c3cnn(CC4CCC4)n3)[nH]c2c1. The van der Waals surface area contributed by atoms with Gasteiger partial charge in [0, 0.05) is 25.8 Å². The van der Waals surface area contributed by atoms with Crippen molar-refractivity contribution in [3.8, 4) is 0 Å². The number of nitrogens with zero attached hydrogens (tertiary/aromatic N) is 4. The zero-order valence-electron chi connectivity index (χ0n) is 22.6. The van der Waals surface area contributed by atoms with Crippen molar-refractivity contribution in [3.63, 3.8) is 0 Å². The zero-order chi connectivity index (χ0) is 29.5. The Morgan fingerprint density at radius 1 is 1.05 bits per heavy atom. The molecule has 41 heavy (non-hydrogen) atoms. The predicted octanol–water partition coefficient (Wildman–Crippen LogP) is 5.43. The van der Waals surface area contributed by atoms with E-state index in [2.05, 4.69) is 30.8 Å². The summed E-state index contributed by atoms with van der Waals surface area (Å²) in [4.78, 5) is 33.0. The molecule has 3 N–H and O–H groups in total. The Morgan fingerprint density at radius 3 is 2.44 bits per heavy atom. The Balaban J connectivity index is 0.000000417. The highest BCUT2D eigenvalue weighted by Crippen LogP contribution is 2.32. The molecule has 14 heteroatoms.